The summed E-state index contributed by atoms with van der Waals surface area (Å²) in [7, 11) is 1.75. The number of likely N-dealkylation sites (N-methyl/N-ethyl adjacent to an activating group) is 1. The van der Waals surface area contributed by atoms with E-state index in [2.05, 4.69) is 31.0 Å². The molecule has 3 amide bonds. The van der Waals surface area contributed by atoms with Crippen LogP contribution in [-0.2, 0) is 4.79 Å². The molecule has 1 aromatic heterocycles. The normalized spacial score (nSPS) is 21.1. The minimum Gasteiger partial charge on any atom is -0.330 e. The van der Waals surface area contributed by atoms with Crippen LogP contribution in [0, 0.1) is 0 Å². The molecular weight excluding hydrogens is 360 g/mol. The van der Waals surface area contributed by atoms with E-state index in [1.54, 1.807) is 23.3 Å². The highest BCUT2D eigenvalue weighted by Crippen LogP contribution is 2.38. The molecule has 1 N–H and O–H groups in total. The highest BCUT2D eigenvalue weighted by atomic mass is 32.1. The Morgan fingerprint density at radius 2 is 2.07 bits per heavy atom. The number of carbonyl (C=O) groups is 2. The van der Waals surface area contributed by atoms with Crippen molar-refractivity contribution in [3.63, 3.8) is 0 Å². The summed E-state index contributed by atoms with van der Waals surface area (Å²) >= 11 is 1.57. The summed E-state index contributed by atoms with van der Waals surface area (Å²) in [6, 6.07) is 3.62. The van der Waals surface area contributed by atoms with Crippen molar-refractivity contribution in [3.05, 3.63) is 33.7 Å². The number of rotatable bonds is 8. The largest absolute Gasteiger partial charge is 0.330 e. The lowest BCUT2D eigenvalue weighted by molar-refractivity contribution is -0.127. The van der Waals surface area contributed by atoms with Gasteiger partial charge in [0.25, 0.3) is 5.91 Å². The van der Waals surface area contributed by atoms with E-state index in [9.17, 15) is 9.59 Å². The van der Waals surface area contributed by atoms with Gasteiger partial charge in [-0.15, -0.1) is 11.3 Å². The van der Waals surface area contributed by atoms with E-state index >= 15 is 0 Å². The van der Waals surface area contributed by atoms with Crippen molar-refractivity contribution >= 4 is 23.3 Å². The Morgan fingerprint density at radius 1 is 1.33 bits per heavy atom. The van der Waals surface area contributed by atoms with Gasteiger partial charge in [-0.1, -0.05) is 19.9 Å². The molecule has 0 aromatic carbocycles. The lowest BCUT2D eigenvalue weighted by Crippen LogP contribution is -2.45. The molecule has 0 saturated heterocycles. The van der Waals surface area contributed by atoms with Crippen molar-refractivity contribution in [1.82, 2.24) is 20.0 Å². The van der Waals surface area contributed by atoms with E-state index < -0.39 is 0 Å². The lowest BCUT2D eigenvalue weighted by atomic mass is 10.0. The molecule has 0 aliphatic carbocycles. The molecule has 0 fully saturated rings. The second-order valence-electron chi connectivity index (χ2n) is 7.27. The quantitative estimate of drug-likeness (QED) is 0.742. The molecule has 148 valence electrons. The number of hydrogen-bond acceptors (Lipinski definition) is 4. The molecule has 0 radical (unpaired) electrons. The molecule has 0 bridgehead atoms. The molecule has 3 heterocycles. The Hall–Kier alpha value is -1.86. The predicted octanol–water partition coefficient (Wildman–Crippen LogP) is 3.05. The molecular formula is C20H30N4O2S. The smallest absolute Gasteiger partial charge is 0.322 e. The van der Waals surface area contributed by atoms with Crippen LogP contribution >= 0.6 is 11.3 Å². The zero-order valence-electron chi connectivity index (χ0n) is 16.7. The average Bonchev–Trinajstić information content (AvgIpc) is 3.30. The molecule has 0 spiro atoms. The molecule has 27 heavy (non-hydrogen) atoms. The Morgan fingerprint density at radius 3 is 2.70 bits per heavy atom. The fraction of sp³-hybridized carbons (Fsp3) is 0.600. The number of hydrogen-bond donors (Lipinski definition) is 1. The maximum Gasteiger partial charge on any atom is 0.322 e. The number of carbonyl (C=O) groups excluding carboxylic acids is 2. The van der Waals surface area contributed by atoms with E-state index in [0.29, 0.717) is 6.54 Å². The van der Waals surface area contributed by atoms with Crippen LogP contribution in [0.15, 0.2) is 28.8 Å². The van der Waals surface area contributed by atoms with Crippen molar-refractivity contribution < 1.29 is 9.59 Å². The van der Waals surface area contributed by atoms with E-state index in [1.807, 2.05) is 22.4 Å². The van der Waals surface area contributed by atoms with Crippen LogP contribution < -0.4 is 5.32 Å². The highest BCUT2D eigenvalue weighted by Gasteiger charge is 2.44. The van der Waals surface area contributed by atoms with Crippen LogP contribution in [0.5, 0.6) is 0 Å². The summed E-state index contributed by atoms with van der Waals surface area (Å²) in [5, 5.41) is 4.97. The Bertz CT molecular complexity index is 712. The SMILES string of the molecule is CCN(CC)CCC[C@@H](C)N1CC2=C(C1=O)[C@H](c1cccs1)NC(=O)N2C. The average molecular weight is 391 g/mol. The molecule has 6 nitrogen and oxygen atoms in total. The first-order chi connectivity index (χ1) is 13.0. The number of amides is 3. The first kappa shape index (κ1) is 19.9. The topological polar surface area (TPSA) is 55.9 Å². The lowest BCUT2D eigenvalue weighted by Gasteiger charge is -2.30. The number of thiophene rings is 1. The monoisotopic (exact) mass is 390 g/mol. The number of nitrogens with zero attached hydrogens (tertiary/aromatic N) is 3. The summed E-state index contributed by atoms with van der Waals surface area (Å²) in [5.41, 5.74) is 1.58. The van der Waals surface area contributed by atoms with Gasteiger partial charge in [0.15, 0.2) is 0 Å². The third-order valence-electron chi connectivity index (χ3n) is 5.74. The Kier molecular flexibility index (Phi) is 6.22. The molecule has 2 aliphatic rings. The first-order valence-electron chi connectivity index (χ1n) is 9.81. The fourth-order valence-electron chi connectivity index (χ4n) is 3.92. The van der Waals surface area contributed by atoms with Gasteiger partial charge in [0.2, 0.25) is 0 Å². The molecule has 3 rings (SSSR count). The Labute approximate surface area is 165 Å². The standard InChI is InChI=1S/C20H30N4O2S/c1-5-23(6-2)11-7-9-14(3)24-13-15-17(19(24)25)18(16-10-8-12-27-16)21-20(26)22(15)4/h8,10,12,14,18H,5-7,9,11,13H2,1-4H3,(H,21,26)/t14-,18+/m1/s1. The summed E-state index contributed by atoms with van der Waals surface area (Å²) in [4.78, 5) is 32.6. The predicted molar refractivity (Wildman–Crippen MR) is 109 cm³/mol. The van der Waals surface area contributed by atoms with E-state index in [1.165, 1.54) is 0 Å². The van der Waals surface area contributed by atoms with Crippen LogP contribution in [0.25, 0.3) is 0 Å². The van der Waals surface area contributed by atoms with Gasteiger partial charge < -0.3 is 15.1 Å². The number of urea groups is 1. The van der Waals surface area contributed by atoms with Crippen LogP contribution in [0.3, 0.4) is 0 Å². The zero-order chi connectivity index (χ0) is 19.6. The van der Waals surface area contributed by atoms with E-state index in [4.69, 9.17) is 0 Å². The zero-order valence-corrected chi connectivity index (χ0v) is 17.5. The van der Waals surface area contributed by atoms with Crippen LogP contribution in [0.1, 0.15) is 44.5 Å². The highest BCUT2D eigenvalue weighted by molar-refractivity contribution is 7.10. The molecule has 1 aromatic rings. The fourth-order valence-corrected chi connectivity index (χ4v) is 4.70. The molecule has 7 heteroatoms. The van der Waals surface area contributed by atoms with Gasteiger partial charge in [-0.25, -0.2) is 4.79 Å². The van der Waals surface area contributed by atoms with Crippen molar-refractivity contribution in [2.75, 3.05) is 33.2 Å². The summed E-state index contributed by atoms with van der Waals surface area (Å²) < 4.78 is 0. The van der Waals surface area contributed by atoms with Crippen LogP contribution in [0.4, 0.5) is 4.79 Å². The maximum absolute atomic E-state index is 13.2. The summed E-state index contributed by atoms with van der Waals surface area (Å²) in [5.74, 6) is 0.0607. The second kappa shape index (κ2) is 8.44. The van der Waals surface area contributed by atoms with Crippen LogP contribution in [-0.4, -0.2) is 65.9 Å². The van der Waals surface area contributed by atoms with Gasteiger partial charge in [0.1, 0.15) is 0 Å². The first-order valence-corrected chi connectivity index (χ1v) is 10.7. The van der Waals surface area contributed by atoms with Gasteiger partial charge in [-0.2, -0.15) is 0 Å². The third kappa shape index (κ3) is 3.89. The third-order valence-corrected chi connectivity index (χ3v) is 6.68. The minimum atomic E-state index is -0.330. The van der Waals surface area contributed by atoms with Crippen molar-refractivity contribution in [1.29, 1.82) is 0 Å². The maximum atomic E-state index is 13.2. The van der Waals surface area contributed by atoms with Crippen LogP contribution in [0.2, 0.25) is 0 Å². The van der Waals surface area contributed by atoms with Gasteiger partial charge >= 0.3 is 6.03 Å². The van der Waals surface area contributed by atoms with Gasteiger partial charge in [-0.05, 0) is 50.8 Å². The summed E-state index contributed by atoms with van der Waals surface area (Å²) in [6.45, 7) is 10.2. The molecule has 0 saturated carbocycles. The van der Waals surface area contributed by atoms with Gasteiger partial charge in [-0.3, -0.25) is 9.69 Å². The Balaban J connectivity index is 1.72. The van der Waals surface area contributed by atoms with Crippen molar-refractivity contribution in [3.8, 4) is 0 Å². The second-order valence-corrected chi connectivity index (χ2v) is 8.25. The minimum absolute atomic E-state index is 0.0607. The van der Waals surface area contributed by atoms with Crippen molar-refractivity contribution in [2.24, 2.45) is 0 Å². The van der Waals surface area contributed by atoms with E-state index in [0.717, 1.165) is 48.6 Å². The molecule has 2 atom stereocenters. The van der Waals surface area contributed by atoms with Gasteiger partial charge in [0.05, 0.1) is 23.9 Å². The van der Waals surface area contributed by atoms with E-state index in [-0.39, 0.29) is 24.0 Å². The molecule has 0 unspecified atom stereocenters. The molecule has 2 aliphatic heterocycles. The summed E-state index contributed by atoms with van der Waals surface area (Å²) in [6.07, 6.45) is 2.04. The van der Waals surface area contributed by atoms with Gasteiger partial charge in [0, 0.05) is 18.0 Å². The van der Waals surface area contributed by atoms with Crippen molar-refractivity contribution in [2.45, 2.75) is 45.7 Å². The number of nitrogens with one attached hydrogen (secondary N) is 1.